The first-order valence-electron chi connectivity index (χ1n) is 6.15. The first-order chi connectivity index (χ1) is 7.74. The van der Waals surface area contributed by atoms with Gasteiger partial charge in [-0.1, -0.05) is 38.3 Å². The van der Waals surface area contributed by atoms with E-state index in [-0.39, 0.29) is 0 Å². The van der Waals surface area contributed by atoms with Crippen LogP contribution in [0.5, 0.6) is 5.75 Å². The second kappa shape index (κ2) is 7.29. The maximum atomic E-state index is 9.35. The fourth-order valence-corrected chi connectivity index (χ4v) is 1.56. The van der Waals surface area contributed by atoms with Crippen LogP contribution in [-0.2, 0) is 0 Å². The van der Waals surface area contributed by atoms with Crippen molar-refractivity contribution >= 4 is 0 Å². The SMILES string of the molecule is CCCCCCOc1ccc(C(C)O)cc1. The Labute approximate surface area is 98.3 Å². The maximum Gasteiger partial charge on any atom is 0.119 e. The zero-order chi connectivity index (χ0) is 11.8. The van der Waals surface area contributed by atoms with E-state index in [1.165, 1.54) is 19.3 Å². The lowest BCUT2D eigenvalue weighted by atomic mass is 10.1. The van der Waals surface area contributed by atoms with Gasteiger partial charge in [-0.2, -0.15) is 0 Å². The lowest BCUT2D eigenvalue weighted by Crippen LogP contribution is -1.97. The van der Waals surface area contributed by atoms with Crippen molar-refractivity contribution in [3.8, 4) is 5.75 Å². The van der Waals surface area contributed by atoms with Gasteiger partial charge < -0.3 is 9.84 Å². The van der Waals surface area contributed by atoms with E-state index in [0.29, 0.717) is 0 Å². The van der Waals surface area contributed by atoms with Crippen molar-refractivity contribution in [3.05, 3.63) is 29.8 Å². The summed E-state index contributed by atoms with van der Waals surface area (Å²) in [6.45, 7) is 4.75. The minimum Gasteiger partial charge on any atom is -0.494 e. The van der Waals surface area contributed by atoms with Gasteiger partial charge in [-0.25, -0.2) is 0 Å². The zero-order valence-corrected chi connectivity index (χ0v) is 10.3. The average molecular weight is 222 g/mol. The van der Waals surface area contributed by atoms with Crippen LogP contribution in [0.1, 0.15) is 51.2 Å². The Hall–Kier alpha value is -1.02. The Balaban J connectivity index is 2.27. The van der Waals surface area contributed by atoms with Gasteiger partial charge in [0.1, 0.15) is 5.75 Å². The summed E-state index contributed by atoms with van der Waals surface area (Å²) >= 11 is 0. The normalized spacial score (nSPS) is 12.4. The molecule has 0 fully saturated rings. The predicted molar refractivity (Wildman–Crippen MR) is 66.7 cm³/mol. The van der Waals surface area contributed by atoms with Gasteiger partial charge in [-0.05, 0) is 31.0 Å². The Morgan fingerprint density at radius 3 is 2.38 bits per heavy atom. The molecule has 90 valence electrons. The van der Waals surface area contributed by atoms with Crippen LogP contribution in [0.2, 0.25) is 0 Å². The molecular weight excluding hydrogens is 200 g/mol. The predicted octanol–water partition coefficient (Wildman–Crippen LogP) is 3.70. The number of hydrogen-bond acceptors (Lipinski definition) is 2. The molecule has 0 heterocycles. The van der Waals surface area contributed by atoms with Crippen LogP contribution in [0, 0.1) is 0 Å². The minimum atomic E-state index is -0.404. The number of aliphatic hydroxyl groups excluding tert-OH is 1. The molecular formula is C14H22O2. The number of aliphatic hydroxyl groups is 1. The third-order valence-electron chi connectivity index (χ3n) is 2.63. The van der Waals surface area contributed by atoms with Crippen LogP contribution in [0.4, 0.5) is 0 Å². The molecule has 0 saturated carbocycles. The smallest absolute Gasteiger partial charge is 0.119 e. The van der Waals surface area contributed by atoms with E-state index in [4.69, 9.17) is 4.74 Å². The Kier molecular flexibility index (Phi) is 5.94. The van der Waals surface area contributed by atoms with Crippen molar-refractivity contribution in [1.29, 1.82) is 0 Å². The van der Waals surface area contributed by atoms with E-state index in [2.05, 4.69) is 6.92 Å². The van der Waals surface area contributed by atoms with Crippen LogP contribution in [-0.4, -0.2) is 11.7 Å². The molecule has 0 saturated heterocycles. The fourth-order valence-electron chi connectivity index (χ4n) is 1.56. The van der Waals surface area contributed by atoms with Gasteiger partial charge in [0, 0.05) is 0 Å². The Morgan fingerprint density at radius 2 is 1.81 bits per heavy atom. The van der Waals surface area contributed by atoms with E-state index in [1.807, 2.05) is 24.3 Å². The summed E-state index contributed by atoms with van der Waals surface area (Å²) in [5, 5.41) is 9.35. The van der Waals surface area contributed by atoms with Crippen LogP contribution in [0.15, 0.2) is 24.3 Å². The molecule has 1 aromatic rings. The number of unbranched alkanes of at least 4 members (excludes halogenated alkanes) is 3. The lowest BCUT2D eigenvalue weighted by Gasteiger charge is -2.08. The third-order valence-corrected chi connectivity index (χ3v) is 2.63. The molecule has 1 N–H and O–H groups in total. The number of benzene rings is 1. The monoisotopic (exact) mass is 222 g/mol. The molecule has 1 rings (SSSR count). The van der Waals surface area contributed by atoms with Gasteiger partial charge in [-0.3, -0.25) is 0 Å². The van der Waals surface area contributed by atoms with Crippen molar-refractivity contribution in [2.24, 2.45) is 0 Å². The van der Waals surface area contributed by atoms with Gasteiger partial charge in [0.2, 0.25) is 0 Å². The summed E-state index contributed by atoms with van der Waals surface area (Å²) in [6.07, 6.45) is 4.49. The molecule has 2 nitrogen and oxygen atoms in total. The lowest BCUT2D eigenvalue weighted by molar-refractivity contribution is 0.199. The Bertz CT molecular complexity index is 277. The summed E-state index contributed by atoms with van der Waals surface area (Å²) in [4.78, 5) is 0. The number of hydrogen-bond donors (Lipinski definition) is 1. The number of rotatable bonds is 7. The summed E-state index contributed by atoms with van der Waals surface area (Å²) in [5.41, 5.74) is 0.929. The highest BCUT2D eigenvalue weighted by Gasteiger charge is 2.00. The molecule has 0 bridgehead atoms. The first kappa shape index (κ1) is 13.0. The third kappa shape index (κ3) is 4.67. The van der Waals surface area contributed by atoms with Gasteiger partial charge >= 0.3 is 0 Å². The van der Waals surface area contributed by atoms with Gasteiger partial charge in [-0.15, -0.1) is 0 Å². The van der Waals surface area contributed by atoms with Gasteiger partial charge in [0.15, 0.2) is 0 Å². The van der Waals surface area contributed by atoms with Crippen LogP contribution < -0.4 is 4.74 Å². The number of ether oxygens (including phenoxy) is 1. The largest absolute Gasteiger partial charge is 0.494 e. The molecule has 0 aromatic heterocycles. The Morgan fingerprint density at radius 1 is 1.12 bits per heavy atom. The van der Waals surface area contributed by atoms with E-state index in [9.17, 15) is 5.11 Å². The highest BCUT2D eigenvalue weighted by molar-refractivity contribution is 5.28. The van der Waals surface area contributed by atoms with Gasteiger partial charge in [0.25, 0.3) is 0 Å². The second-order valence-electron chi connectivity index (χ2n) is 4.15. The van der Waals surface area contributed by atoms with Crippen molar-refractivity contribution in [2.75, 3.05) is 6.61 Å². The van der Waals surface area contributed by atoms with E-state index >= 15 is 0 Å². The molecule has 0 radical (unpaired) electrons. The summed E-state index contributed by atoms with van der Waals surface area (Å²) in [6, 6.07) is 7.65. The molecule has 0 spiro atoms. The van der Waals surface area contributed by atoms with Crippen molar-refractivity contribution in [3.63, 3.8) is 0 Å². The topological polar surface area (TPSA) is 29.5 Å². The molecule has 0 amide bonds. The van der Waals surface area contributed by atoms with E-state index in [1.54, 1.807) is 6.92 Å². The highest BCUT2D eigenvalue weighted by Crippen LogP contribution is 2.17. The molecule has 1 aromatic carbocycles. The fraction of sp³-hybridized carbons (Fsp3) is 0.571. The van der Waals surface area contributed by atoms with Crippen molar-refractivity contribution in [2.45, 2.75) is 45.6 Å². The van der Waals surface area contributed by atoms with Crippen LogP contribution in [0.25, 0.3) is 0 Å². The molecule has 16 heavy (non-hydrogen) atoms. The molecule has 0 aliphatic carbocycles. The van der Waals surface area contributed by atoms with Crippen LogP contribution in [0.3, 0.4) is 0 Å². The maximum absolute atomic E-state index is 9.35. The molecule has 0 aliphatic rings. The minimum absolute atomic E-state index is 0.404. The summed E-state index contributed by atoms with van der Waals surface area (Å²) in [7, 11) is 0. The highest BCUT2D eigenvalue weighted by atomic mass is 16.5. The van der Waals surface area contributed by atoms with Crippen molar-refractivity contribution in [1.82, 2.24) is 0 Å². The van der Waals surface area contributed by atoms with E-state index < -0.39 is 6.10 Å². The molecule has 1 atom stereocenters. The van der Waals surface area contributed by atoms with Crippen molar-refractivity contribution < 1.29 is 9.84 Å². The zero-order valence-electron chi connectivity index (χ0n) is 10.3. The second-order valence-corrected chi connectivity index (χ2v) is 4.15. The quantitative estimate of drug-likeness (QED) is 0.713. The first-order valence-corrected chi connectivity index (χ1v) is 6.15. The average Bonchev–Trinajstić information content (AvgIpc) is 2.29. The molecule has 2 heteroatoms. The standard InChI is InChI=1S/C14H22O2/c1-3-4-5-6-11-16-14-9-7-13(8-10-14)12(2)15/h7-10,12,15H,3-6,11H2,1-2H3. The molecule has 1 unspecified atom stereocenters. The van der Waals surface area contributed by atoms with E-state index in [0.717, 1.165) is 24.3 Å². The van der Waals surface area contributed by atoms with Crippen LogP contribution >= 0.6 is 0 Å². The summed E-state index contributed by atoms with van der Waals surface area (Å²) < 4.78 is 5.61. The molecule has 0 aliphatic heterocycles. The van der Waals surface area contributed by atoms with Gasteiger partial charge in [0.05, 0.1) is 12.7 Å². The summed E-state index contributed by atoms with van der Waals surface area (Å²) in [5.74, 6) is 0.890.